The average molecular weight is 536 g/mol. The molecule has 38 heavy (non-hydrogen) atoms. The molecule has 0 fully saturated rings. The van der Waals surface area contributed by atoms with Gasteiger partial charge in [-0.05, 0) is 68.7 Å². The number of amidine groups is 1. The third kappa shape index (κ3) is 5.90. The van der Waals surface area contributed by atoms with Crippen LogP contribution in [0.3, 0.4) is 0 Å². The van der Waals surface area contributed by atoms with E-state index in [1.165, 1.54) is 17.6 Å². The van der Waals surface area contributed by atoms with Crippen molar-refractivity contribution >= 4 is 42.0 Å². The molecule has 2 unspecified atom stereocenters. The van der Waals surface area contributed by atoms with E-state index in [0.717, 1.165) is 44.0 Å². The van der Waals surface area contributed by atoms with Crippen molar-refractivity contribution in [2.75, 3.05) is 19.5 Å². The number of carbonyl (C=O) groups is 2. The first-order valence-corrected chi connectivity index (χ1v) is 13.7. The van der Waals surface area contributed by atoms with Crippen LogP contribution < -0.4 is 20.1 Å². The Hall–Kier alpha value is -3.26. The average Bonchev–Trinajstić information content (AvgIpc) is 2.97. The molecular formula is C30H37N3O4S. The molecular weight excluding hydrogens is 498 g/mol. The molecule has 0 spiro atoms. The Morgan fingerprint density at radius 3 is 2.55 bits per heavy atom. The molecule has 0 saturated carbocycles. The fourth-order valence-electron chi connectivity index (χ4n) is 5.06. The number of nitrogens with zero attached hydrogens (tertiary/aromatic N) is 1. The summed E-state index contributed by atoms with van der Waals surface area (Å²) in [5, 5.41) is 6.28. The highest BCUT2D eigenvalue weighted by atomic mass is 32.1. The van der Waals surface area contributed by atoms with Gasteiger partial charge in [0.05, 0.1) is 19.9 Å². The van der Waals surface area contributed by atoms with Gasteiger partial charge in [-0.1, -0.05) is 30.7 Å². The van der Waals surface area contributed by atoms with E-state index in [2.05, 4.69) is 23.6 Å². The summed E-state index contributed by atoms with van der Waals surface area (Å²) in [5.41, 5.74) is 4.71. The molecule has 0 saturated heterocycles. The predicted octanol–water partition coefficient (Wildman–Crippen LogP) is 5.80. The lowest BCUT2D eigenvalue weighted by molar-refractivity contribution is -0.121. The molecule has 1 aliphatic heterocycles. The van der Waals surface area contributed by atoms with E-state index in [9.17, 15) is 9.59 Å². The SMILES string of the molecule is CCc1ccc(NC(=O)C(S)(C2=Nc3cc(OC)c(OC)cc3CN2)C(C=O)CCC2=CCCCC2)cc1. The zero-order chi connectivity index (χ0) is 27.1. The molecule has 1 heterocycles. The molecule has 2 N–H and O–H groups in total. The maximum absolute atomic E-state index is 13.9. The number of nitrogens with one attached hydrogen (secondary N) is 2. The lowest BCUT2D eigenvalue weighted by Crippen LogP contribution is -2.56. The van der Waals surface area contributed by atoms with Crippen LogP contribution in [0.2, 0.25) is 0 Å². The minimum Gasteiger partial charge on any atom is -0.493 e. The van der Waals surface area contributed by atoms with Crippen molar-refractivity contribution in [3.05, 3.63) is 59.2 Å². The van der Waals surface area contributed by atoms with E-state index in [-0.39, 0.29) is 0 Å². The summed E-state index contributed by atoms with van der Waals surface area (Å²) in [6, 6.07) is 11.4. The summed E-state index contributed by atoms with van der Waals surface area (Å²) in [6.07, 6.45) is 9.74. The first-order chi connectivity index (χ1) is 18.4. The van der Waals surface area contributed by atoms with E-state index in [4.69, 9.17) is 27.1 Å². The largest absolute Gasteiger partial charge is 0.493 e. The molecule has 4 rings (SSSR count). The topological polar surface area (TPSA) is 89.0 Å². The number of thiol groups is 1. The number of allylic oxidation sites excluding steroid dienone is 2. The van der Waals surface area contributed by atoms with Gasteiger partial charge in [0.25, 0.3) is 0 Å². The van der Waals surface area contributed by atoms with Gasteiger partial charge < -0.3 is 24.9 Å². The van der Waals surface area contributed by atoms with Gasteiger partial charge in [0.1, 0.15) is 12.1 Å². The number of rotatable bonds is 11. The van der Waals surface area contributed by atoms with Gasteiger partial charge in [0.15, 0.2) is 16.2 Å². The van der Waals surface area contributed by atoms with Gasteiger partial charge in [0, 0.05) is 29.8 Å². The van der Waals surface area contributed by atoms with Crippen LogP contribution in [0.15, 0.2) is 53.0 Å². The van der Waals surface area contributed by atoms with Crippen molar-refractivity contribution in [3.8, 4) is 11.5 Å². The molecule has 0 bridgehead atoms. The third-order valence-corrected chi connectivity index (χ3v) is 8.20. The zero-order valence-electron chi connectivity index (χ0n) is 22.4. The van der Waals surface area contributed by atoms with Crippen LogP contribution in [0.4, 0.5) is 11.4 Å². The van der Waals surface area contributed by atoms with Crippen molar-refractivity contribution in [1.29, 1.82) is 0 Å². The highest BCUT2D eigenvalue weighted by Crippen LogP contribution is 2.40. The van der Waals surface area contributed by atoms with Crippen molar-refractivity contribution in [1.82, 2.24) is 5.32 Å². The van der Waals surface area contributed by atoms with Gasteiger partial charge in [0.2, 0.25) is 5.91 Å². The number of benzene rings is 2. The van der Waals surface area contributed by atoms with Gasteiger partial charge >= 0.3 is 0 Å². The Bertz CT molecular complexity index is 1220. The number of fused-ring (bicyclic) bond motifs is 1. The second kappa shape index (κ2) is 12.5. The van der Waals surface area contributed by atoms with Crippen LogP contribution in [0.5, 0.6) is 11.5 Å². The van der Waals surface area contributed by atoms with Crippen LogP contribution >= 0.6 is 12.6 Å². The number of amides is 1. The van der Waals surface area contributed by atoms with E-state index < -0.39 is 16.6 Å². The third-order valence-electron chi connectivity index (χ3n) is 7.45. The molecule has 0 radical (unpaired) electrons. The molecule has 1 amide bonds. The maximum atomic E-state index is 13.9. The van der Waals surface area contributed by atoms with Gasteiger partial charge in [-0.3, -0.25) is 4.79 Å². The predicted molar refractivity (Wildman–Crippen MR) is 155 cm³/mol. The second-order valence-electron chi connectivity index (χ2n) is 9.81. The Balaban J connectivity index is 1.70. The summed E-state index contributed by atoms with van der Waals surface area (Å²) >= 11 is 4.97. The first kappa shape index (κ1) is 27.8. The number of hydrogen-bond acceptors (Lipinski definition) is 7. The number of aldehydes is 1. The van der Waals surface area contributed by atoms with Crippen LogP contribution in [-0.2, 0) is 22.6 Å². The molecule has 2 aromatic carbocycles. The molecule has 1 aliphatic carbocycles. The second-order valence-corrected chi connectivity index (χ2v) is 10.5. The number of ether oxygens (including phenoxy) is 2. The van der Waals surface area contributed by atoms with Gasteiger partial charge in [-0.15, -0.1) is 0 Å². The molecule has 2 aromatic rings. The highest BCUT2D eigenvalue weighted by Gasteiger charge is 2.48. The first-order valence-electron chi connectivity index (χ1n) is 13.3. The standard InChI is InChI=1S/C30H37N3O4S/c1-4-20-11-14-24(15-12-20)32-29(35)30(38,23(19-34)13-10-21-8-6-5-7-9-21)28-31-18-22-16-26(36-2)27(37-3)17-25(22)33-28/h8,11-12,14-17,19,23,38H,4-7,9-10,13,18H2,1-3H3,(H,31,33)(H,32,35). The molecule has 2 atom stereocenters. The molecule has 2 aliphatic rings. The Labute approximate surface area is 230 Å². The molecule has 8 heteroatoms. The van der Waals surface area contributed by atoms with Crippen LogP contribution in [-0.4, -0.2) is 37.0 Å². The number of aryl methyl sites for hydroxylation is 1. The lowest BCUT2D eigenvalue weighted by atomic mass is 9.83. The zero-order valence-corrected chi connectivity index (χ0v) is 23.3. The summed E-state index contributed by atoms with van der Waals surface area (Å²) in [7, 11) is 3.15. The molecule has 0 aromatic heterocycles. The quantitative estimate of drug-likeness (QED) is 0.192. The van der Waals surface area contributed by atoms with Crippen molar-refractivity contribution in [2.24, 2.45) is 10.9 Å². The number of aliphatic imine (C=N–C) groups is 1. The van der Waals surface area contributed by atoms with E-state index in [1.807, 2.05) is 30.3 Å². The van der Waals surface area contributed by atoms with Crippen molar-refractivity contribution < 1.29 is 19.1 Å². The summed E-state index contributed by atoms with van der Waals surface area (Å²) in [4.78, 5) is 31.3. The van der Waals surface area contributed by atoms with E-state index in [0.29, 0.717) is 41.7 Å². The summed E-state index contributed by atoms with van der Waals surface area (Å²) < 4.78 is 9.39. The fourth-order valence-corrected chi connectivity index (χ4v) is 5.44. The Morgan fingerprint density at radius 1 is 1.18 bits per heavy atom. The highest BCUT2D eigenvalue weighted by molar-refractivity contribution is 7.84. The summed E-state index contributed by atoms with van der Waals surface area (Å²) in [5.74, 6) is 0.394. The number of anilines is 1. The Kier molecular flexibility index (Phi) is 9.15. The number of hydrogen-bond donors (Lipinski definition) is 3. The smallest absolute Gasteiger partial charge is 0.248 e. The molecule has 202 valence electrons. The van der Waals surface area contributed by atoms with Crippen LogP contribution in [0, 0.1) is 5.92 Å². The van der Waals surface area contributed by atoms with Crippen molar-refractivity contribution in [2.45, 2.75) is 63.2 Å². The number of carbonyl (C=O) groups excluding carboxylic acids is 2. The van der Waals surface area contributed by atoms with E-state index in [1.54, 1.807) is 20.3 Å². The minimum absolute atomic E-state index is 0.345. The van der Waals surface area contributed by atoms with Crippen LogP contribution in [0.1, 0.15) is 56.6 Å². The van der Waals surface area contributed by atoms with E-state index >= 15 is 0 Å². The molecule has 7 nitrogen and oxygen atoms in total. The van der Waals surface area contributed by atoms with Crippen molar-refractivity contribution in [3.63, 3.8) is 0 Å². The summed E-state index contributed by atoms with van der Waals surface area (Å²) in [6.45, 7) is 2.49. The maximum Gasteiger partial charge on any atom is 0.248 e. The normalized spacial score (nSPS) is 17.1. The van der Waals surface area contributed by atoms with Gasteiger partial charge in [-0.25, -0.2) is 4.99 Å². The number of methoxy groups -OCH3 is 2. The minimum atomic E-state index is -1.51. The fraction of sp³-hybridized carbons (Fsp3) is 0.433. The van der Waals surface area contributed by atoms with Crippen LogP contribution in [0.25, 0.3) is 0 Å². The lowest BCUT2D eigenvalue weighted by Gasteiger charge is -2.36. The van der Waals surface area contributed by atoms with Gasteiger partial charge in [-0.2, -0.15) is 12.6 Å². The monoisotopic (exact) mass is 535 g/mol. The Morgan fingerprint density at radius 2 is 1.92 bits per heavy atom.